The number of nitrogens with one attached hydrogen (secondary N) is 1. The maximum atomic E-state index is 4.07. The van der Waals surface area contributed by atoms with Gasteiger partial charge in [-0.05, 0) is 67.1 Å². The van der Waals surface area contributed by atoms with E-state index in [1.807, 2.05) is 0 Å². The molecule has 0 aromatic heterocycles. The van der Waals surface area contributed by atoms with Crippen molar-refractivity contribution in [2.75, 3.05) is 6.54 Å². The first-order chi connectivity index (χ1) is 8.69. The molecule has 0 spiro atoms. The van der Waals surface area contributed by atoms with Crippen LogP contribution in [0.15, 0.2) is 0 Å². The summed E-state index contributed by atoms with van der Waals surface area (Å²) >= 11 is 0. The Bertz CT molecular complexity index is 312. The lowest BCUT2D eigenvalue weighted by molar-refractivity contribution is -0.0289. The monoisotopic (exact) mass is 263 g/mol. The van der Waals surface area contributed by atoms with E-state index in [4.69, 9.17) is 0 Å². The Hall–Kier alpha value is -0.0400. The zero-order valence-electron chi connectivity index (χ0n) is 13.7. The summed E-state index contributed by atoms with van der Waals surface area (Å²) in [5.41, 5.74) is 1.27. The van der Waals surface area contributed by atoms with E-state index < -0.39 is 0 Å². The van der Waals surface area contributed by atoms with Gasteiger partial charge in [0.2, 0.25) is 0 Å². The molecule has 4 aliphatic rings. The summed E-state index contributed by atoms with van der Waals surface area (Å²) < 4.78 is 0. The lowest BCUT2D eigenvalue weighted by Crippen LogP contribution is -2.60. The van der Waals surface area contributed by atoms with E-state index >= 15 is 0 Å². The van der Waals surface area contributed by atoms with E-state index in [0.717, 1.165) is 17.8 Å². The van der Waals surface area contributed by atoms with Gasteiger partial charge in [0, 0.05) is 12.1 Å². The Morgan fingerprint density at radius 2 is 1.26 bits per heavy atom. The Labute approximate surface area is 119 Å². The average molecular weight is 263 g/mol. The van der Waals surface area contributed by atoms with Gasteiger partial charge in [-0.15, -0.1) is 0 Å². The van der Waals surface area contributed by atoms with E-state index in [2.05, 4.69) is 39.9 Å². The summed E-state index contributed by atoms with van der Waals surface area (Å²) in [5, 5.41) is 4.07. The van der Waals surface area contributed by atoms with E-state index in [1.165, 1.54) is 25.8 Å². The smallest absolute Gasteiger partial charge is 0.0189 e. The molecule has 110 valence electrons. The van der Waals surface area contributed by atoms with Crippen molar-refractivity contribution < 1.29 is 0 Å². The summed E-state index contributed by atoms with van der Waals surface area (Å²) in [6, 6.07) is 0. The van der Waals surface area contributed by atoms with E-state index in [0.29, 0.717) is 16.4 Å². The molecule has 4 aliphatic carbocycles. The fourth-order valence-electron chi connectivity index (χ4n) is 5.00. The predicted molar refractivity (Wildman–Crippen MR) is 82.1 cm³/mol. The van der Waals surface area contributed by atoms with E-state index in [1.54, 1.807) is 19.3 Å². The van der Waals surface area contributed by atoms with Gasteiger partial charge in [0.1, 0.15) is 0 Å². The van der Waals surface area contributed by atoms with Crippen molar-refractivity contribution in [2.24, 2.45) is 28.6 Å². The molecule has 4 fully saturated rings. The van der Waals surface area contributed by atoms with Crippen LogP contribution in [0.1, 0.15) is 73.1 Å². The minimum atomic E-state index is 0.371. The molecule has 0 radical (unpaired) electrons. The van der Waals surface area contributed by atoms with Gasteiger partial charge in [-0.25, -0.2) is 0 Å². The molecule has 0 amide bonds. The van der Waals surface area contributed by atoms with Crippen molar-refractivity contribution in [1.82, 2.24) is 5.32 Å². The van der Waals surface area contributed by atoms with Crippen LogP contribution in [0.3, 0.4) is 0 Å². The standard InChI is InChI=1S/C18H33N/c1-16(2,3)17(4,5)12-19-18-9-13-6-14(10-18)8-15(7-13)11-18/h13-15,19H,6-12H2,1-5H3. The topological polar surface area (TPSA) is 12.0 Å². The molecule has 4 rings (SSSR count). The van der Waals surface area contributed by atoms with Gasteiger partial charge in [0.25, 0.3) is 0 Å². The van der Waals surface area contributed by atoms with Gasteiger partial charge in [-0.3, -0.25) is 0 Å². The molecule has 0 aromatic carbocycles. The average Bonchev–Trinajstić information content (AvgIpc) is 2.23. The summed E-state index contributed by atoms with van der Waals surface area (Å²) in [5.74, 6) is 3.16. The summed E-state index contributed by atoms with van der Waals surface area (Å²) in [7, 11) is 0. The van der Waals surface area contributed by atoms with E-state index in [-0.39, 0.29) is 0 Å². The van der Waals surface area contributed by atoms with Crippen LogP contribution >= 0.6 is 0 Å². The van der Waals surface area contributed by atoms with Crippen LogP contribution in [-0.4, -0.2) is 12.1 Å². The van der Waals surface area contributed by atoms with Crippen LogP contribution in [0.5, 0.6) is 0 Å². The summed E-state index contributed by atoms with van der Waals surface area (Å²) in [6.07, 6.45) is 9.05. The first-order valence-corrected chi connectivity index (χ1v) is 8.44. The number of rotatable bonds is 3. The molecular weight excluding hydrogens is 230 g/mol. The molecule has 0 saturated heterocycles. The number of hydrogen-bond donors (Lipinski definition) is 1. The maximum Gasteiger partial charge on any atom is 0.0189 e. The highest BCUT2D eigenvalue weighted by Crippen LogP contribution is 2.55. The van der Waals surface area contributed by atoms with Crippen molar-refractivity contribution in [3.05, 3.63) is 0 Å². The lowest BCUT2D eigenvalue weighted by Gasteiger charge is -2.58. The van der Waals surface area contributed by atoms with Crippen molar-refractivity contribution >= 4 is 0 Å². The highest BCUT2D eigenvalue weighted by Gasteiger charge is 2.51. The van der Waals surface area contributed by atoms with Crippen LogP contribution < -0.4 is 5.32 Å². The summed E-state index contributed by atoms with van der Waals surface area (Å²) in [4.78, 5) is 0. The molecule has 0 heterocycles. The first-order valence-electron chi connectivity index (χ1n) is 8.44. The molecule has 0 atom stereocenters. The molecule has 4 bridgehead atoms. The second-order valence-electron chi connectivity index (χ2n) is 9.69. The van der Waals surface area contributed by atoms with Crippen molar-refractivity contribution in [2.45, 2.75) is 78.7 Å². The van der Waals surface area contributed by atoms with Gasteiger partial charge < -0.3 is 5.32 Å². The molecule has 1 heteroatoms. The second-order valence-corrected chi connectivity index (χ2v) is 9.69. The fraction of sp³-hybridized carbons (Fsp3) is 1.00. The summed E-state index contributed by atoms with van der Waals surface area (Å²) in [6.45, 7) is 13.2. The number of hydrogen-bond acceptors (Lipinski definition) is 1. The predicted octanol–water partition coefficient (Wildman–Crippen LogP) is 4.62. The molecule has 1 N–H and O–H groups in total. The SMILES string of the molecule is CC(C)(C)C(C)(C)CNC12CC3CC(CC(C3)C1)C2. The van der Waals surface area contributed by atoms with Gasteiger partial charge in [0.05, 0.1) is 0 Å². The van der Waals surface area contributed by atoms with Crippen LogP contribution in [0.4, 0.5) is 0 Å². The lowest BCUT2D eigenvalue weighted by atomic mass is 9.53. The van der Waals surface area contributed by atoms with Crippen molar-refractivity contribution in [3.63, 3.8) is 0 Å². The second kappa shape index (κ2) is 4.23. The Kier molecular flexibility index (Phi) is 3.10. The van der Waals surface area contributed by atoms with Crippen LogP contribution in [-0.2, 0) is 0 Å². The van der Waals surface area contributed by atoms with Crippen LogP contribution in [0, 0.1) is 28.6 Å². The van der Waals surface area contributed by atoms with Gasteiger partial charge in [0.15, 0.2) is 0 Å². The van der Waals surface area contributed by atoms with Gasteiger partial charge in [-0.2, -0.15) is 0 Å². The molecule has 4 saturated carbocycles. The Morgan fingerprint density at radius 3 is 1.63 bits per heavy atom. The third-order valence-corrected chi connectivity index (χ3v) is 6.97. The third-order valence-electron chi connectivity index (χ3n) is 6.97. The largest absolute Gasteiger partial charge is 0.311 e. The first kappa shape index (κ1) is 13.9. The third kappa shape index (κ3) is 2.48. The minimum Gasteiger partial charge on any atom is -0.311 e. The molecule has 19 heavy (non-hydrogen) atoms. The highest BCUT2D eigenvalue weighted by atomic mass is 15.0. The molecule has 0 unspecified atom stereocenters. The van der Waals surface area contributed by atoms with E-state index in [9.17, 15) is 0 Å². The Balaban J connectivity index is 1.67. The van der Waals surface area contributed by atoms with Gasteiger partial charge >= 0.3 is 0 Å². The van der Waals surface area contributed by atoms with Crippen molar-refractivity contribution in [3.8, 4) is 0 Å². The fourth-order valence-corrected chi connectivity index (χ4v) is 5.00. The Morgan fingerprint density at radius 1 is 0.842 bits per heavy atom. The zero-order valence-corrected chi connectivity index (χ0v) is 13.7. The minimum absolute atomic E-state index is 0.371. The molecule has 0 aliphatic heterocycles. The quantitative estimate of drug-likeness (QED) is 0.783. The zero-order chi connectivity index (χ0) is 13.9. The normalized spacial score (nSPS) is 41.8. The van der Waals surface area contributed by atoms with Crippen molar-refractivity contribution in [1.29, 1.82) is 0 Å². The van der Waals surface area contributed by atoms with Crippen LogP contribution in [0.2, 0.25) is 0 Å². The molecule has 1 nitrogen and oxygen atoms in total. The maximum absolute atomic E-state index is 4.07. The molecular formula is C18H33N. The van der Waals surface area contributed by atoms with Crippen LogP contribution in [0.25, 0.3) is 0 Å². The highest BCUT2D eigenvalue weighted by molar-refractivity contribution is 5.07. The van der Waals surface area contributed by atoms with Gasteiger partial charge in [-0.1, -0.05) is 34.6 Å². The molecule has 0 aromatic rings.